The highest BCUT2D eigenvalue weighted by Gasteiger charge is 2.52. The first-order chi connectivity index (χ1) is 15.0. The Labute approximate surface area is 186 Å². The summed E-state index contributed by atoms with van der Waals surface area (Å²) in [5, 5.41) is 2.67. The number of nitrogens with one attached hydrogen (secondary N) is 1. The zero-order valence-corrected chi connectivity index (χ0v) is 19.0. The lowest BCUT2D eigenvalue weighted by molar-refractivity contribution is -0.257. The van der Waals surface area contributed by atoms with Crippen molar-refractivity contribution in [2.45, 2.75) is 72.2 Å². The van der Waals surface area contributed by atoms with Crippen LogP contribution in [-0.2, 0) is 38.1 Å². The van der Waals surface area contributed by atoms with Crippen molar-refractivity contribution in [2.24, 2.45) is 0 Å². The van der Waals surface area contributed by atoms with E-state index < -0.39 is 54.5 Å². The Balaban J connectivity index is 2.49. The summed E-state index contributed by atoms with van der Waals surface area (Å²) >= 11 is 0. The minimum atomic E-state index is -1.16. The number of carbonyl (C=O) groups is 4. The van der Waals surface area contributed by atoms with Crippen LogP contribution < -0.4 is 10.1 Å². The number of aryl methyl sites for hydroxylation is 2. The van der Waals surface area contributed by atoms with Gasteiger partial charge in [0.15, 0.2) is 12.2 Å². The SMILES string of the molecule is CC(=O)N[C@@H]1[C@H](Oc2cc(C)ccc2C)O[C@H](COC(C)=O)[C@@H](OC(C)=O)[C@H]1OC(C)=O. The fraction of sp³-hybridized carbons (Fsp3) is 0.545. The van der Waals surface area contributed by atoms with Crippen LogP contribution in [0.25, 0.3) is 0 Å². The molecule has 0 spiro atoms. The lowest BCUT2D eigenvalue weighted by Crippen LogP contribution is -2.67. The van der Waals surface area contributed by atoms with Crippen LogP contribution in [0.1, 0.15) is 38.8 Å². The highest BCUT2D eigenvalue weighted by atomic mass is 16.7. The Kier molecular flexibility index (Phi) is 8.59. The van der Waals surface area contributed by atoms with E-state index in [1.807, 2.05) is 26.0 Å². The van der Waals surface area contributed by atoms with Crippen molar-refractivity contribution in [3.63, 3.8) is 0 Å². The number of hydrogen-bond donors (Lipinski definition) is 1. The Morgan fingerprint density at radius 2 is 1.56 bits per heavy atom. The van der Waals surface area contributed by atoms with Crippen LogP contribution in [0.2, 0.25) is 0 Å². The van der Waals surface area contributed by atoms with Gasteiger partial charge in [-0.2, -0.15) is 0 Å². The Bertz CT molecular complexity index is 869. The summed E-state index contributed by atoms with van der Waals surface area (Å²) < 4.78 is 27.9. The average Bonchev–Trinajstić information content (AvgIpc) is 2.66. The molecule has 0 bridgehead atoms. The second-order valence-electron chi connectivity index (χ2n) is 7.61. The molecule has 1 heterocycles. The Hall–Kier alpha value is -3.14. The highest BCUT2D eigenvalue weighted by molar-refractivity contribution is 5.73. The standard InChI is InChI=1S/C22H29NO9/c1-11-7-8-12(2)17(9-11)31-22-19(23-13(3)24)21(30-16(6)27)20(29-15(5)26)18(32-22)10-28-14(4)25/h7-9,18-22H,10H2,1-6H3,(H,23,24)/t18-,19+,20-,21+,22-/m1/s1. The molecule has 1 saturated heterocycles. The van der Waals surface area contributed by atoms with Crippen LogP contribution in [0.3, 0.4) is 0 Å². The molecule has 1 aromatic rings. The lowest BCUT2D eigenvalue weighted by Gasteiger charge is -2.44. The van der Waals surface area contributed by atoms with Crippen molar-refractivity contribution < 1.29 is 42.9 Å². The van der Waals surface area contributed by atoms with Crippen molar-refractivity contribution in [2.75, 3.05) is 6.61 Å². The van der Waals surface area contributed by atoms with Gasteiger partial charge in [-0.15, -0.1) is 0 Å². The van der Waals surface area contributed by atoms with Gasteiger partial charge in [-0.1, -0.05) is 12.1 Å². The van der Waals surface area contributed by atoms with Crippen LogP contribution in [0.5, 0.6) is 5.75 Å². The molecule has 2 rings (SSSR count). The summed E-state index contributed by atoms with van der Waals surface area (Å²) in [6.45, 7) is 8.31. The number of amides is 1. The topological polar surface area (TPSA) is 126 Å². The lowest BCUT2D eigenvalue weighted by atomic mass is 9.96. The van der Waals surface area contributed by atoms with E-state index in [0.717, 1.165) is 11.1 Å². The van der Waals surface area contributed by atoms with Crippen molar-refractivity contribution >= 4 is 23.8 Å². The molecule has 0 radical (unpaired) electrons. The van der Waals surface area contributed by atoms with E-state index in [-0.39, 0.29) is 6.61 Å². The number of ether oxygens (including phenoxy) is 5. The average molecular weight is 451 g/mol. The number of rotatable bonds is 7. The fourth-order valence-electron chi connectivity index (χ4n) is 3.35. The molecule has 0 aliphatic carbocycles. The zero-order valence-electron chi connectivity index (χ0n) is 19.0. The smallest absolute Gasteiger partial charge is 0.303 e. The maximum Gasteiger partial charge on any atom is 0.303 e. The predicted octanol–water partition coefficient (Wildman–Crippen LogP) is 1.34. The molecule has 1 aliphatic heterocycles. The van der Waals surface area contributed by atoms with E-state index in [0.29, 0.717) is 5.75 Å². The van der Waals surface area contributed by atoms with Gasteiger partial charge >= 0.3 is 17.9 Å². The van der Waals surface area contributed by atoms with Crippen LogP contribution in [0.15, 0.2) is 18.2 Å². The zero-order chi connectivity index (χ0) is 24.0. The van der Waals surface area contributed by atoms with Gasteiger partial charge in [0.2, 0.25) is 12.2 Å². The van der Waals surface area contributed by atoms with Gasteiger partial charge in [0.25, 0.3) is 0 Å². The van der Waals surface area contributed by atoms with E-state index >= 15 is 0 Å². The summed E-state index contributed by atoms with van der Waals surface area (Å²) in [6, 6.07) is 4.55. The molecule has 0 aromatic heterocycles. The van der Waals surface area contributed by atoms with E-state index in [1.54, 1.807) is 6.07 Å². The number of hydrogen-bond acceptors (Lipinski definition) is 9. The molecular weight excluding hydrogens is 422 g/mol. The first-order valence-corrected chi connectivity index (χ1v) is 10.1. The van der Waals surface area contributed by atoms with Crippen molar-refractivity contribution in [3.8, 4) is 5.75 Å². The minimum Gasteiger partial charge on any atom is -0.463 e. The van der Waals surface area contributed by atoms with Crippen LogP contribution in [0, 0.1) is 13.8 Å². The minimum absolute atomic E-state index is 0.287. The normalized spacial score (nSPS) is 24.8. The largest absolute Gasteiger partial charge is 0.463 e. The monoisotopic (exact) mass is 451 g/mol. The Morgan fingerprint density at radius 1 is 0.938 bits per heavy atom. The van der Waals surface area contributed by atoms with Gasteiger partial charge in [0, 0.05) is 27.7 Å². The maximum atomic E-state index is 11.9. The molecule has 10 heteroatoms. The molecule has 1 aliphatic rings. The molecule has 5 atom stereocenters. The molecule has 32 heavy (non-hydrogen) atoms. The van der Waals surface area contributed by atoms with E-state index in [9.17, 15) is 19.2 Å². The molecular formula is C22H29NO9. The van der Waals surface area contributed by atoms with Gasteiger partial charge in [0.1, 0.15) is 24.5 Å². The van der Waals surface area contributed by atoms with Crippen molar-refractivity contribution in [1.29, 1.82) is 0 Å². The number of benzene rings is 1. The predicted molar refractivity (Wildman–Crippen MR) is 111 cm³/mol. The summed E-state index contributed by atoms with van der Waals surface area (Å²) in [4.78, 5) is 47.0. The van der Waals surface area contributed by atoms with Crippen LogP contribution >= 0.6 is 0 Å². The molecule has 1 amide bonds. The first kappa shape index (κ1) is 25.1. The van der Waals surface area contributed by atoms with Crippen LogP contribution in [-0.4, -0.2) is 61.1 Å². The van der Waals surface area contributed by atoms with Gasteiger partial charge in [-0.25, -0.2) is 0 Å². The van der Waals surface area contributed by atoms with Gasteiger partial charge < -0.3 is 29.0 Å². The first-order valence-electron chi connectivity index (χ1n) is 10.1. The fourth-order valence-corrected chi connectivity index (χ4v) is 3.35. The molecule has 1 N–H and O–H groups in total. The van der Waals surface area contributed by atoms with E-state index in [4.69, 9.17) is 23.7 Å². The quantitative estimate of drug-likeness (QED) is 0.483. The molecule has 0 unspecified atom stereocenters. The molecule has 10 nitrogen and oxygen atoms in total. The van der Waals surface area contributed by atoms with Gasteiger partial charge in [-0.05, 0) is 31.0 Å². The summed E-state index contributed by atoms with van der Waals surface area (Å²) in [5.41, 5.74) is 1.74. The number of esters is 3. The summed E-state index contributed by atoms with van der Waals surface area (Å²) in [5.74, 6) is -1.86. The van der Waals surface area contributed by atoms with E-state index in [2.05, 4.69) is 5.32 Å². The molecule has 176 valence electrons. The third-order valence-electron chi connectivity index (χ3n) is 4.66. The number of carbonyl (C=O) groups excluding carboxylic acids is 4. The van der Waals surface area contributed by atoms with E-state index in [1.165, 1.54) is 27.7 Å². The second kappa shape index (κ2) is 10.9. The van der Waals surface area contributed by atoms with Crippen LogP contribution in [0.4, 0.5) is 0 Å². The molecule has 1 aromatic carbocycles. The third kappa shape index (κ3) is 6.94. The van der Waals surface area contributed by atoms with Gasteiger partial charge in [0.05, 0.1) is 0 Å². The summed E-state index contributed by atoms with van der Waals surface area (Å²) in [6.07, 6.45) is -4.49. The highest BCUT2D eigenvalue weighted by Crippen LogP contribution is 2.30. The third-order valence-corrected chi connectivity index (χ3v) is 4.66. The van der Waals surface area contributed by atoms with Gasteiger partial charge in [-0.3, -0.25) is 19.2 Å². The molecule has 1 fully saturated rings. The van der Waals surface area contributed by atoms with Crippen molar-refractivity contribution in [1.82, 2.24) is 5.32 Å². The second-order valence-corrected chi connectivity index (χ2v) is 7.61. The maximum absolute atomic E-state index is 11.9. The molecule has 0 saturated carbocycles. The van der Waals surface area contributed by atoms with Crippen molar-refractivity contribution in [3.05, 3.63) is 29.3 Å². The Morgan fingerprint density at radius 3 is 2.12 bits per heavy atom. The summed E-state index contributed by atoms with van der Waals surface area (Å²) in [7, 11) is 0.